The Labute approximate surface area is 110 Å². The van der Waals surface area contributed by atoms with Crippen LogP contribution in [0.2, 0.25) is 0 Å². The molecule has 2 aromatic heterocycles. The van der Waals surface area contributed by atoms with Crippen LogP contribution in [0.4, 0.5) is 11.5 Å². The van der Waals surface area contributed by atoms with E-state index in [0.717, 1.165) is 5.56 Å². The lowest BCUT2D eigenvalue weighted by molar-refractivity contribution is 0.0602. The molecule has 0 amide bonds. The molecule has 0 aliphatic heterocycles. The van der Waals surface area contributed by atoms with E-state index in [2.05, 4.69) is 20.0 Å². The van der Waals surface area contributed by atoms with Crippen LogP contribution in [-0.4, -0.2) is 23.0 Å². The SMILES string of the molecule is COC(=O)c1ccnc(NCc2ccncc2)c1N. The third kappa shape index (κ3) is 2.98. The van der Waals surface area contributed by atoms with Gasteiger partial charge in [-0.3, -0.25) is 4.98 Å². The number of ether oxygens (including phenoxy) is 1. The second kappa shape index (κ2) is 5.81. The number of anilines is 2. The van der Waals surface area contributed by atoms with Gasteiger partial charge in [0.1, 0.15) is 5.82 Å². The van der Waals surface area contributed by atoms with E-state index in [1.807, 2.05) is 12.1 Å². The van der Waals surface area contributed by atoms with Gasteiger partial charge >= 0.3 is 5.97 Å². The Morgan fingerprint density at radius 3 is 2.74 bits per heavy atom. The molecule has 0 aromatic carbocycles. The molecule has 0 fully saturated rings. The zero-order valence-electron chi connectivity index (χ0n) is 10.5. The molecule has 0 saturated carbocycles. The first-order valence-corrected chi connectivity index (χ1v) is 5.68. The van der Waals surface area contributed by atoms with E-state index < -0.39 is 5.97 Å². The number of nitrogens with zero attached hydrogens (tertiary/aromatic N) is 2. The van der Waals surface area contributed by atoms with Crippen LogP contribution in [0.25, 0.3) is 0 Å². The molecule has 0 radical (unpaired) electrons. The lowest BCUT2D eigenvalue weighted by Crippen LogP contribution is -2.10. The Kier molecular flexibility index (Phi) is 3.92. The highest BCUT2D eigenvalue weighted by Gasteiger charge is 2.13. The fourth-order valence-electron chi connectivity index (χ4n) is 1.59. The minimum Gasteiger partial charge on any atom is -0.465 e. The Morgan fingerprint density at radius 1 is 1.32 bits per heavy atom. The van der Waals surface area contributed by atoms with Crippen molar-refractivity contribution in [2.75, 3.05) is 18.2 Å². The number of esters is 1. The second-order valence-electron chi connectivity index (χ2n) is 3.82. The van der Waals surface area contributed by atoms with Gasteiger partial charge in [0.25, 0.3) is 0 Å². The Morgan fingerprint density at radius 2 is 2.05 bits per heavy atom. The number of nitrogens with two attached hydrogens (primary N) is 1. The minimum atomic E-state index is -0.480. The van der Waals surface area contributed by atoms with Crippen molar-refractivity contribution >= 4 is 17.5 Å². The maximum atomic E-state index is 11.5. The van der Waals surface area contributed by atoms with Crippen molar-refractivity contribution in [2.24, 2.45) is 0 Å². The van der Waals surface area contributed by atoms with Crippen LogP contribution < -0.4 is 11.1 Å². The minimum absolute atomic E-state index is 0.281. The molecule has 6 heteroatoms. The number of methoxy groups -OCH3 is 1. The molecule has 0 unspecified atom stereocenters. The van der Waals surface area contributed by atoms with Crippen LogP contribution >= 0.6 is 0 Å². The monoisotopic (exact) mass is 258 g/mol. The van der Waals surface area contributed by atoms with Crippen LogP contribution in [0.5, 0.6) is 0 Å². The van der Waals surface area contributed by atoms with Gasteiger partial charge in [0.2, 0.25) is 0 Å². The highest BCUT2D eigenvalue weighted by Crippen LogP contribution is 2.21. The van der Waals surface area contributed by atoms with Crippen molar-refractivity contribution in [1.29, 1.82) is 0 Å². The van der Waals surface area contributed by atoms with Crippen molar-refractivity contribution < 1.29 is 9.53 Å². The highest BCUT2D eigenvalue weighted by molar-refractivity contribution is 5.97. The quantitative estimate of drug-likeness (QED) is 0.807. The van der Waals surface area contributed by atoms with E-state index in [1.54, 1.807) is 12.4 Å². The zero-order chi connectivity index (χ0) is 13.7. The first-order valence-electron chi connectivity index (χ1n) is 5.68. The first-order chi connectivity index (χ1) is 9.22. The van der Waals surface area contributed by atoms with Crippen LogP contribution in [-0.2, 0) is 11.3 Å². The number of nitrogens with one attached hydrogen (secondary N) is 1. The summed E-state index contributed by atoms with van der Waals surface area (Å²) in [6, 6.07) is 5.29. The maximum absolute atomic E-state index is 11.5. The first kappa shape index (κ1) is 12.8. The van der Waals surface area contributed by atoms with Gasteiger partial charge in [0.05, 0.1) is 18.4 Å². The fraction of sp³-hybridized carbons (Fsp3) is 0.154. The molecule has 2 aromatic rings. The topological polar surface area (TPSA) is 90.1 Å². The highest BCUT2D eigenvalue weighted by atomic mass is 16.5. The summed E-state index contributed by atoms with van der Waals surface area (Å²) >= 11 is 0. The number of carbonyl (C=O) groups is 1. The van der Waals surface area contributed by atoms with Gasteiger partial charge in [0.15, 0.2) is 0 Å². The predicted molar refractivity (Wildman–Crippen MR) is 71.6 cm³/mol. The molecule has 0 atom stereocenters. The van der Waals surface area contributed by atoms with Gasteiger partial charge in [-0.15, -0.1) is 0 Å². The molecule has 0 aliphatic rings. The summed E-state index contributed by atoms with van der Waals surface area (Å²) in [6.45, 7) is 0.546. The van der Waals surface area contributed by atoms with E-state index in [4.69, 9.17) is 5.73 Å². The summed E-state index contributed by atoms with van der Waals surface area (Å²) in [5, 5.41) is 3.08. The van der Waals surface area contributed by atoms with Crippen molar-refractivity contribution in [3.8, 4) is 0 Å². The van der Waals surface area contributed by atoms with E-state index >= 15 is 0 Å². The zero-order valence-corrected chi connectivity index (χ0v) is 10.5. The molecule has 2 rings (SSSR count). The lowest BCUT2D eigenvalue weighted by Gasteiger charge is -2.10. The van der Waals surface area contributed by atoms with E-state index in [0.29, 0.717) is 17.9 Å². The van der Waals surface area contributed by atoms with Crippen LogP contribution in [0, 0.1) is 0 Å². The number of pyridine rings is 2. The third-order valence-electron chi connectivity index (χ3n) is 2.60. The molecule has 0 aliphatic carbocycles. The van der Waals surface area contributed by atoms with Gasteiger partial charge in [-0.2, -0.15) is 0 Å². The Bertz CT molecular complexity index is 572. The van der Waals surface area contributed by atoms with E-state index in [-0.39, 0.29) is 5.69 Å². The van der Waals surface area contributed by atoms with Crippen molar-refractivity contribution in [1.82, 2.24) is 9.97 Å². The normalized spacial score (nSPS) is 9.95. The number of aromatic nitrogens is 2. The average Bonchev–Trinajstić information content (AvgIpc) is 2.46. The number of nitrogen functional groups attached to an aromatic ring is 1. The molecule has 2 heterocycles. The summed E-state index contributed by atoms with van der Waals surface area (Å²) in [6.07, 6.45) is 4.93. The molecule has 19 heavy (non-hydrogen) atoms. The lowest BCUT2D eigenvalue weighted by atomic mass is 10.2. The second-order valence-corrected chi connectivity index (χ2v) is 3.82. The van der Waals surface area contributed by atoms with Gasteiger partial charge < -0.3 is 15.8 Å². The fourth-order valence-corrected chi connectivity index (χ4v) is 1.59. The maximum Gasteiger partial charge on any atom is 0.340 e. The van der Waals surface area contributed by atoms with Crippen LogP contribution in [0.1, 0.15) is 15.9 Å². The molecular formula is C13H14N4O2. The Hall–Kier alpha value is -2.63. The molecule has 0 bridgehead atoms. The van der Waals surface area contributed by atoms with E-state index in [1.165, 1.54) is 19.4 Å². The summed E-state index contributed by atoms with van der Waals surface area (Å²) in [4.78, 5) is 19.5. The molecular weight excluding hydrogens is 244 g/mol. The van der Waals surface area contributed by atoms with Crippen molar-refractivity contribution in [3.63, 3.8) is 0 Å². The van der Waals surface area contributed by atoms with Crippen molar-refractivity contribution in [3.05, 3.63) is 47.9 Å². The molecule has 0 saturated heterocycles. The molecule has 6 nitrogen and oxygen atoms in total. The van der Waals surface area contributed by atoms with Gasteiger partial charge in [-0.25, -0.2) is 9.78 Å². The number of carbonyl (C=O) groups excluding carboxylic acids is 1. The van der Waals surface area contributed by atoms with Crippen LogP contribution in [0.3, 0.4) is 0 Å². The summed E-state index contributed by atoms with van der Waals surface area (Å²) < 4.78 is 4.65. The number of rotatable bonds is 4. The number of hydrogen-bond acceptors (Lipinski definition) is 6. The standard InChI is InChI=1S/C13H14N4O2/c1-19-13(18)10-4-7-16-12(11(10)14)17-8-9-2-5-15-6-3-9/h2-7H,8,14H2,1H3,(H,16,17). The summed E-state index contributed by atoms with van der Waals surface area (Å²) in [5.74, 6) is -0.0217. The van der Waals surface area contributed by atoms with Gasteiger partial charge in [-0.05, 0) is 23.8 Å². The van der Waals surface area contributed by atoms with Crippen LogP contribution in [0.15, 0.2) is 36.8 Å². The average molecular weight is 258 g/mol. The summed E-state index contributed by atoms with van der Waals surface area (Å²) in [5.41, 5.74) is 7.51. The van der Waals surface area contributed by atoms with Gasteiger partial charge in [-0.1, -0.05) is 0 Å². The third-order valence-corrected chi connectivity index (χ3v) is 2.60. The predicted octanol–water partition coefficient (Wildman–Crippen LogP) is 1.46. The summed E-state index contributed by atoms with van der Waals surface area (Å²) in [7, 11) is 1.31. The smallest absolute Gasteiger partial charge is 0.340 e. The number of hydrogen-bond donors (Lipinski definition) is 2. The van der Waals surface area contributed by atoms with Crippen molar-refractivity contribution in [2.45, 2.75) is 6.54 Å². The Balaban J connectivity index is 2.15. The van der Waals surface area contributed by atoms with E-state index in [9.17, 15) is 4.79 Å². The largest absolute Gasteiger partial charge is 0.465 e. The molecule has 0 spiro atoms. The molecule has 3 N–H and O–H groups in total. The van der Waals surface area contributed by atoms with Gasteiger partial charge in [0, 0.05) is 25.1 Å². The molecule has 98 valence electrons.